The van der Waals surface area contributed by atoms with Crippen molar-refractivity contribution in [3.8, 4) is 0 Å². The molecule has 10 heteroatoms. The summed E-state index contributed by atoms with van der Waals surface area (Å²) >= 11 is 0. The predicted octanol–water partition coefficient (Wildman–Crippen LogP) is -0.680. The first kappa shape index (κ1) is 15.1. The van der Waals surface area contributed by atoms with E-state index in [4.69, 9.17) is 10.3 Å². The standard InChI is InChI=1S/C10H11NO7S2/c11-9-5-4-6-7(10(9,12)20(16,17)18)2-1-3-8(6)19(13,14)15/h1-5,9,12H,11H2,(H,13,14,15)(H,16,17,18). The quantitative estimate of drug-likeness (QED) is 0.522. The van der Waals surface area contributed by atoms with Gasteiger partial charge in [-0.1, -0.05) is 24.3 Å². The highest BCUT2D eigenvalue weighted by Crippen LogP contribution is 2.39. The lowest BCUT2D eigenvalue weighted by atomic mass is 9.91. The third kappa shape index (κ3) is 2.06. The first-order valence-corrected chi connectivity index (χ1v) is 8.12. The molecule has 1 aromatic carbocycles. The average molecular weight is 321 g/mol. The van der Waals surface area contributed by atoms with E-state index in [1.807, 2.05) is 0 Å². The van der Waals surface area contributed by atoms with Gasteiger partial charge in [0.25, 0.3) is 10.1 Å². The molecule has 0 radical (unpaired) electrons. The summed E-state index contributed by atoms with van der Waals surface area (Å²) in [5.41, 5.74) is 4.81. The molecular weight excluding hydrogens is 310 g/mol. The molecule has 20 heavy (non-hydrogen) atoms. The Morgan fingerprint density at radius 1 is 1.15 bits per heavy atom. The molecule has 0 fully saturated rings. The second kappa shape index (κ2) is 4.35. The van der Waals surface area contributed by atoms with Crippen molar-refractivity contribution < 1.29 is 31.0 Å². The van der Waals surface area contributed by atoms with Crippen LogP contribution in [0, 0.1) is 0 Å². The third-order valence-electron chi connectivity index (χ3n) is 3.05. The molecule has 8 nitrogen and oxygen atoms in total. The zero-order chi connectivity index (χ0) is 15.3. The SMILES string of the molecule is NC1C=Cc2c(cccc2S(=O)(=O)O)C1(O)S(=O)(=O)O. The highest BCUT2D eigenvalue weighted by atomic mass is 32.2. The van der Waals surface area contributed by atoms with Crippen molar-refractivity contribution in [2.45, 2.75) is 15.9 Å². The van der Waals surface area contributed by atoms with Gasteiger partial charge in [-0.3, -0.25) is 9.11 Å². The average Bonchev–Trinajstić information content (AvgIpc) is 2.30. The minimum Gasteiger partial charge on any atom is -0.368 e. The van der Waals surface area contributed by atoms with Gasteiger partial charge in [-0.25, -0.2) is 0 Å². The van der Waals surface area contributed by atoms with Gasteiger partial charge in [-0.15, -0.1) is 0 Å². The van der Waals surface area contributed by atoms with E-state index in [9.17, 15) is 26.5 Å². The van der Waals surface area contributed by atoms with Crippen LogP contribution in [-0.4, -0.2) is 37.1 Å². The summed E-state index contributed by atoms with van der Waals surface area (Å²) < 4.78 is 63.6. The Morgan fingerprint density at radius 3 is 2.25 bits per heavy atom. The van der Waals surface area contributed by atoms with Crippen LogP contribution in [0.25, 0.3) is 6.08 Å². The lowest BCUT2D eigenvalue weighted by Crippen LogP contribution is -2.51. The van der Waals surface area contributed by atoms with E-state index in [1.54, 1.807) is 0 Å². The van der Waals surface area contributed by atoms with Gasteiger partial charge < -0.3 is 10.8 Å². The van der Waals surface area contributed by atoms with Gasteiger partial charge in [0.2, 0.25) is 4.93 Å². The Hall–Kier alpha value is -1.30. The van der Waals surface area contributed by atoms with E-state index in [-0.39, 0.29) is 5.56 Å². The zero-order valence-electron chi connectivity index (χ0n) is 9.83. The molecule has 0 saturated carbocycles. The number of aliphatic hydroxyl groups is 1. The van der Waals surface area contributed by atoms with Gasteiger partial charge in [-0.05, 0) is 6.07 Å². The molecule has 0 bridgehead atoms. The number of hydrogen-bond donors (Lipinski definition) is 4. The summed E-state index contributed by atoms with van der Waals surface area (Å²) in [5.74, 6) is 0. The molecule has 1 aliphatic carbocycles. The Kier molecular flexibility index (Phi) is 3.28. The molecule has 2 rings (SSSR count). The molecule has 0 aliphatic heterocycles. The van der Waals surface area contributed by atoms with Crippen LogP contribution in [0.4, 0.5) is 0 Å². The third-order valence-corrected chi connectivity index (χ3v) is 5.24. The van der Waals surface area contributed by atoms with Crippen LogP contribution in [0.15, 0.2) is 29.2 Å². The van der Waals surface area contributed by atoms with Crippen LogP contribution < -0.4 is 5.73 Å². The molecule has 0 heterocycles. The lowest BCUT2D eigenvalue weighted by molar-refractivity contribution is 0.0971. The van der Waals surface area contributed by atoms with Crippen LogP contribution in [-0.2, 0) is 25.2 Å². The lowest BCUT2D eigenvalue weighted by Gasteiger charge is -2.33. The van der Waals surface area contributed by atoms with Crippen LogP contribution in [0.5, 0.6) is 0 Å². The van der Waals surface area contributed by atoms with E-state index < -0.39 is 41.7 Å². The van der Waals surface area contributed by atoms with E-state index in [1.165, 1.54) is 0 Å². The van der Waals surface area contributed by atoms with E-state index in [2.05, 4.69) is 0 Å². The molecular formula is C10H11NO7S2. The summed E-state index contributed by atoms with van der Waals surface area (Å²) in [5, 5.41) is 10.2. The minimum atomic E-state index is -5.05. The first-order valence-electron chi connectivity index (χ1n) is 5.24. The topological polar surface area (TPSA) is 155 Å². The molecule has 5 N–H and O–H groups in total. The Bertz CT molecular complexity index is 797. The van der Waals surface area contributed by atoms with Crippen molar-refractivity contribution in [3.63, 3.8) is 0 Å². The normalized spacial score (nSPS) is 26.3. The van der Waals surface area contributed by atoms with E-state index >= 15 is 0 Å². The fraction of sp³-hybridized carbons (Fsp3) is 0.200. The summed E-state index contributed by atoms with van der Waals surface area (Å²) in [6, 6.07) is 1.74. The maximum absolute atomic E-state index is 11.4. The van der Waals surface area contributed by atoms with Crippen LogP contribution in [0.3, 0.4) is 0 Å². The molecule has 2 atom stereocenters. The van der Waals surface area contributed by atoms with Crippen molar-refractivity contribution in [3.05, 3.63) is 35.4 Å². The fourth-order valence-electron chi connectivity index (χ4n) is 2.07. The van der Waals surface area contributed by atoms with Gasteiger partial charge in [0.1, 0.15) is 4.90 Å². The summed E-state index contributed by atoms with van der Waals surface area (Å²) in [6.45, 7) is 0. The highest BCUT2D eigenvalue weighted by Gasteiger charge is 2.50. The largest absolute Gasteiger partial charge is 0.368 e. The second-order valence-electron chi connectivity index (χ2n) is 4.25. The fourth-order valence-corrected chi connectivity index (χ4v) is 3.66. The van der Waals surface area contributed by atoms with Gasteiger partial charge in [0, 0.05) is 11.1 Å². The monoisotopic (exact) mass is 321 g/mol. The van der Waals surface area contributed by atoms with Gasteiger partial charge in [0.05, 0.1) is 6.04 Å². The van der Waals surface area contributed by atoms with Crippen molar-refractivity contribution in [1.82, 2.24) is 0 Å². The molecule has 0 spiro atoms. The van der Waals surface area contributed by atoms with Gasteiger partial charge in [-0.2, -0.15) is 16.8 Å². The minimum absolute atomic E-state index is 0.253. The highest BCUT2D eigenvalue weighted by molar-refractivity contribution is 7.86. The predicted molar refractivity (Wildman–Crippen MR) is 68.7 cm³/mol. The number of hydrogen-bond acceptors (Lipinski definition) is 6. The summed E-state index contributed by atoms with van der Waals surface area (Å²) in [4.78, 5) is -3.49. The van der Waals surface area contributed by atoms with E-state index in [0.717, 1.165) is 30.4 Å². The molecule has 110 valence electrons. The summed E-state index contributed by atoms with van der Waals surface area (Å²) in [6.07, 6.45) is 2.17. The van der Waals surface area contributed by atoms with Crippen molar-refractivity contribution in [2.24, 2.45) is 5.73 Å². The zero-order valence-corrected chi connectivity index (χ0v) is 11.5. The van der Waals surface area contributed by atoms with Crippen molar-refractivity contribution in [2.75, 3.05) is 0 Å². The molecule has 0 aromatic heterocycles. The number of fused-ring (bicyclic) bond motifs is 1. The number of benzene rings is 1. The van der Waals surface area contributed by atoms with Crippen LogP contribution in [0.2, 0.25) is 0 Å². The van der Waals surface area contributed by atoms with Gasteiger partial charge in [0.15, 0.2) is 0 Å². The van der Waals surface area contributed by atoms with Crippen LogP contribution in [0.1, 0.15) is 11.1 Å². The maximum atomic E-state index is 11.4. The van der Waals surface area contributed by atoms with Gasteiger partial charge >= 0.3 is 10.1 Å². The van der Waals surface area contributed by atoms with Crippen molar-refractivity contribution in [1.29, 1.82) is 0 Å². The second-order valence-corrected chi connectivity index (χ2v) is 7.21. The number of rotatable bonds is 2. The first-order chi connectivity index (χ1) is 8.99. The smallest absolute Gasteiger partial charge is 0.301 e. The molecule has 0 amide bonds. The van der Waals surface area contributed by atoms with Crippen LogP contribution >= 0.6 is 0 Å². The number of nitrogens with two attached hydrogens (primary N) is 1. The molecule has 2 unspecified atom stereocenters. The van der Waals surface area contributed by atoms with E-state index in [0.29, 0.717) is 0 Å². The Balaban J connectivity index is 2.90. The van der Waals surface area contributed by atoms with Crippen molar-refractivity contribution >= 4 is 26.3 Å². The Morgan fingerprint density at radius 2 is 1.75 bits per heavy atom. The molecule has 1 aliphatic rings. The Labute approximate surface area is 115 Å². The summed E-state index contributed by atoms with van der Waals surface area (Å²) in [7, 11) is -9.68. The molecule has 0 saturated heterocycles. The maximum Gasteiger partial charge on any atom is 0.301 e. The molecule has 1 aromatic rings.